The summed E-state index contributed by atoms with van der Waals surface area (Å²) in [6.45, 7) is 3.59. The molecule has 0 aliphatic rings. The third-order valence-corrected chi connectivity index (χ3v) is 3.72. The summed E-state index contributed by atoms with van der Waals surface area (Å²) in [4.78, 5) is 10.3. The van der Waals surface area contributed by atoms with Gasteiger partial charge in [-0.3, -0.25) is 4.79 Å². The molecule has 1 atom stereocenters. The van der Waals surface area contributed by atoms with Gasteiger partial charge in [-0.1, -0.05) is 6.92 Å². The van der Waals surface area contributed by atoms with Gasteiger partial charge in [0.25, 0.3) is 10.2 Å². The number of rotatable bonds is 7. The van der Waals surface area contributed by atoms with E-state index in [9.17, 15) is 13.2 Å². The minimum absolute atomic E-state index is 0.0267. The van der Waals surface area contributed by atoms with Crippen LogP contribution in [0, 0.1) is 0 Å². The molecule has 0 radical (unpaired) electrons. The smallest absolute Gasteiger partial charge is 0.304 e. The summed E-state index contributed by atoms with van der Waals surface area (Å²) < 4.78 is 26.5. The molecule has 0 spiro atoms. The second kappa shape index (κ2) is 6.04. The molecule has 2 N–H and O–H groups in total. The van der Waals surface area contributed by atoms with Gasteiger partial charge in [0, 0.05) is 19.6 Å². The Labute approximate surface area is 90.5 Å². The Hall–Kier alpha value is -0.660. The molecule has 6 nitrogen and oxygen atoms in total. The summed E-state index contributed by atoms with van der Waals surface area (Å²) in [5.74, 6) is -1.01. The minimum Gasteiger partial charge on any atom is -0.481 e. The second-order valence-electron chi connectivity index (χ2n) is 3.40. The topological polar surface area (TPSA) is 86.7 Å². The zero-order valence-corrected chi connectivity index (χ0v) is 10.0. The van der Waals surface area contributed by atoms with Gasteiger partial charge in [0.05, 0.1) is 6.42 Å². The van der Waals surface area contributed by atoms with Crippen molar-refractivity contribution in [2.45, 2.75) is 32.7 Å². The van der Waals surface area contributed by atoms with Crippen molar-refractivity contribution in [2.75, 3.05) is 13.6 Å². The lowest BCUT2D eigenvalue weighted by atomic mass is 10.3. The fourth-order valence-corrected chi connectivity index (χ4v) is 1.99. The van der Waals surface area contributed by atoms with Gasteiger partial charge >= 0.3 is 5.97 Å². The van der Waals surface area contributed by atoms with E-state index in [1.165, 1.54) is 7.05 Å². The highest BCUT2D eigenvalue weighted by Gasteiger charge is 2.19. The first-order chi connectivity index (χ1) is 6.79. The third kappa shape index (κ3) is 5.71. The number of nitrogens with zero attached hydrogens (tertiary/aromatic N) is 1. The van der Waals surface area contributed by atoms with Crippen molar-refractivity contribution < 1.29 is 18.3 Å². The van der Waals surface area contributed by atoms with Crippen LogP contribution in [-0.2, 0) is 15.0 Å². The maximum Gasteiger partial charge on any atom is 0.304 e. The summed E-state index contributed by atoms with van der Waals surface area (Å²) in [6, 6.07) is -0.151. The average Bonchev–Trinajstić information content (AvgIpc) is 2.13. The van der Waals surface area contributed by atoms with Crippen LogP contribution in [0.5, 0.6) is 0 Å². The van der Waals surface area contributed by atoms with Crippen molar-refractivity contribution in [3.05, 3.63) is 0 Å². The van der Waals surface area contributed by atoms with Crippen molar-refractivity contribution in [1.29, 1.82) is 0 Å². The van der Waals surface area contributed by atoms with Crippen LogP contribution in [0.4, 0.5) is 0 Å². The lowest BCUT2D eigenvalue weighted by molar-refractivity contribution is -0.137. The Balaban J connectivity index is 4.26. The molecule has 0 saturated heterocycles. The number of aliphatic carboxylic acids is 1. The van der Waals surface area contributed by atoms with E-state index in [1.807, 2.05) is 6.92 Å². The van der Waals surface area contributed by atoms with E-state index in [0.717, 1.165) is 4.31 Å². The molecule has 90 valence electrons. The Kier molecular flexibility index (Phi) is 5.77. The highest BCUT2D eigenvalue weighted by Crippen LogP contribution is 1.99. The molecule has 0 aliphatic heterocycles. The van der Waals surface area contributed by atoms with Crippen LogP contribution in [0.3, 0.4) is 0 Å². The summed E-state index contributed by atoms with van der Waals surface area (Å²) in [7, 11) is -2.19. The van der Waals surface area contributed by atoms with Crippen LogP contribution >= 0.6 is 0 Å². The van der Waals surface area contributed by atoms with Gasteiger partial charge < -0.3 is 5.11 Å². The van der Waals surface area contributed by atoms with Gasteiger partial charge in [0.1, 0.15) is 0 Å². The van der Waals surface area contributed by atoms with Crippen LogP contribution in [0.15, 0.2) is 0 Å². The Morgan fingerprint density at radius 3 is 2.47 bits per heavy atom. The van der Waals surface area contributed by atoms with E-state index in [2.05, 4.69) is 4.72 Å². The first-order valence-corrected chi connectivity index (χ1v) is 6.19. The fraction of sp³-hybridized carbons (Fsp3) is 0.875. The number of nitrogens with one attached hydrogen (secondary N) is 1. The summed E-state index contributed by atoms with van der Waals surface area (Å²) in [6.07, 6.45) is 0.490. The fourth-order valence-electron chi connectivity index (χ4n) is 0.801. The molecular formula is C8H18N2O4S. The van der Waals surface area contributed by atoms with Gasteiger partial charge in [0.15, 0.2) is 0 Å². The van der Waals surface area contributed by atoms with Crippen LogP contribution in [-0.4, -0.2) is 43.4 Å². The van der Waals surface area contributed by atoms with Gasteiger partial charge in [-0.05, 0) is 13.3 Å². The standard InChI is InChI=1S/C8H18N2O4S/c1-4-7(2)9-15(13,14)10(3)6-5-8(11)12/h7,9H,4-6H2,1-3H3,(H,11,12). The number of hydrogen-bond acceptors (Lipinski definition) is 3. The van der Waals surface area contributed by atoms with E-state index >= 15 is 0 Å². The summed E-state index contributed by atoms with van der Waals surface area (Å²) >= 11 is 0. The first-order valence-electron chi connectivity index (χ1n) is 4.75. The minimum atomic E-state index is -3.55. The predicted octanol–water partition coefficient (Wildman–Crippen LogP) is 0.0258. The highest BCUT2D eigenvalue weighted by molar-refractivity contribution is 7.87. The molecule has 0 aromatic rings. The molecule has 0 aliphatic carbocycles. The Bertz CT molecular complexity index is 302. The van der Waals surface area contributed by atoms with Crippen molar-refractivity contribution in [1.82, 2.24) is 9.03 Å². The van der Waals surface area contributed by atoms with E-state index in [0.29, 0.717) is 6.42 Å². The van der Waals surface area contributed by atoms with Gasteiger partial charge in [-0.2, -0.15) is 17.4 Å². The molecule has 0 fully saturated rings. The molecule has 7 heteroatoms. The summed E-state index contributed by atoms with van der Waals surface area (Å²) in [5.41, 5.74) is 0. The number of carboxylic acids is 1. The molecule has 0 aromatic carbocycles. The molecule has 0 saturated carbocycles. The predicted molar refractivity (Wildman–Crippen MR) is 56.7 cm³/mol. The molecule has 0 bridgehead atoms. The Morgan fingerprint density at radius 2 is 2.07 bits per heavy atom. The number of carboxylic acid groups (broad SMARTS) is 1. The SMILES string of the molecule is CCC(C)NS(=O)(=O)N(C)CCC(=O)O. The summed E-state index contributed by atoms with van der Waals surface area (Å²) in [5, 5.41) is 8.41. The van der Waals surface area contributed by atoms with Crippen molar-refractivity contribution >= 4 is 16.2 Å². The van der Waals surface area contributed by atoms with Crippen LogP contribution in [0.2, 0.25) is 0 Å². The molecular weight excluding hydrogens is 220 g/mol. The van der Waals surface area contributed by atoms with Gasteiger partial charge in [-0.15, -0.1) is 0 Å². The molecule has 15 heavy (non-hydrogen) atoms. The Morgan fingerprint density at radius 1 is 1.53 bits per heavy atom. The van der Waals surface area contributed by atoms with E-state index < -0.39 is 16.2 Å². The maximum atomic E-state index is 11.5. The molecule has 0 aromatic heterocycles. The van der Waals surface area contributed by atoms with Crippen molar-refractivity contribution in [3.63, 3.8) is 0 Å². The molecule has 0 rings (SSSR count). The normalized spacial score (nSPS) is 14.1. The average molecular weight is 238 g/mol. The largest absolute Gasteiger partial charge is 0.481 e. The van der Waals surface area contributed by atoms with Crippen LogP contribution in [0.1, 0.15) is 26.7 Å². The van der Waals surface area contributed by atoms with Crippen molar-refractivity contribution in [2.24, 2.45) is 0 Å². The second-order valence-corrected chi connectivity index (χ2v) is 5.21. The molecule has 0 amide bonds. The van der Waals surface area contributed by atoms with Crippen molar-refractivity contribution in [3.8, 4) is 0 Å². The van der Waals surface area contributed by atoms with E-state index in [4.69, 9.17) is 5.11 Å². The molecule has 0 heterocycles. The van der Waals surface area contributed by atoms with Gasteiger partial charge in [-0.25, -0.2) is 0 Å². The number of carbonyl (C=O) groups is 1. The monoisotopic (exact) mass is 238 g/mol. The number of hydrogen-bond donors (Lipinski definition) is 2. The first kappa shape index (κ1) is 14.3. The van der Waals surface area contributed by atoms with Crippen LogP contribution in [0.25, 0.3) is 0 Å². The maximum absolute atomic E-state index is 11.5. The van der Waals surface area contributed by atoms with Crippen LogP contribution < -0.4 is 4.72 Å². The van der Waals surface area contributed by atoms with E-state index in [1.54, 1.807) is 6.92 Å². The zero-order valence-electron chi connectivity index (χ0n) is 9.23. The highest BCUT2D eigenvalue weighted by atomic mass is 32.2. The van der Waals surface area contributed by atoms with E-state index in [-0.39, 0.29) is 19.0 Å². The molecule has 1 unspecified atom stereocenters. The lowest BCUT2D eigenvalue weighted by Crippen LogP contribution is -2.43. The zero-order chi connectivity index (χ0) is 12.1. The van der Waals surface area contributed by atoms with Gasteiger partial charge in [0.2, 0.25) is 0 Å². The third-order valence-electron chi connectivity index (χ3n) is 2.01. The quantitative estimate of drug-likeness (QED) is 0.655. The lowest BCUT2D eigenvalue weighted by Gasteiger charge is -2.19.